The Morgan fingerprint density at radius 2 is 1.15 bits per heavy atom. The molecular weight excluding hydrogens is 247 g/mol. The largest absolute Gasteiger partial charge is 0.207 e. The maximum atomic E-state index is 12.5. The van der Waals surface area contributed by atoms with Crippen LogP contribution in [0.25, 0.3) is 0 Å². The quantitative estimate of drug-likeness (QED) is 0.548. The molecule has 0 saturated heterocycles. The van der Waals surface area contributed by atoms with Gasteiger partial charge in [0.15, 0.2) is 0 Å². The highest BCUT2D eigenvalue weighted by Gasteiger charge is 2.12. The maximum absolute atomic E-state index is 12.5. The van der Waals surface area contributed by atoms with Crippen LogP contribution in [0.1, 0.15) is 80.7 Å². The van der Waals surface area contributed by atoms with Gasteiger partial charge in [0.05, 0.1) is 0 Å². The van der Waals surface area contributed by atoms with Crippen molar-refractivity contribution in [2.24, 2.45) is 5.41 Å². The summed E-state index contributed by atoms with van der Waals surface area (Å²) in [6.45, 7) is 19.4. The fourth-order valence-electron chi connectivity index (χ4n) is 1.20. The van der Waals surface area contributed by atoms with Gasteiger partial charge in [-0.3, -0.25) is 0 Å². The minimum absolute atomic E-state index is 0.119. The van der Waals surface area contributed by atoms with Crippen molar-refractivity contribution in [3.8, 4) is 0 Å². The fraction of sp³-hybridized carbons (Fsp3) is 0.684. The Labute approximate surface area is 126 Å². The molecule has 118 valence electrons. The topological polar surface area (TPSA) is 0 Å². The van der Waals surface area contributed by atoms with Crippen LogP contribution in [0, 0.1) is 11.2 Å². The normalized spacial score (nSPS) is 10.9. The highest BCUT2D eigenvalue weighted by Crippen LogP contribution is 2.23. The summed E-state index contributed by atoms with van der Waals surface area (Å²) in [4.78, 5) is 0. The highest BCUT2D eigenvalue weighted by atomic mass is 19.1. The lowest BCUT2D eigenvalue weighted by Crippen LogP contribution is -2.10. The molecule has 0 N–H and O–H groups in total. The smallest absolute Gasteiger partial charge is 0.123 e. The van der Waals surface area contributed by atoms with Gasteiger partial charge < -0.3 is 0 Å². The lowest BCUT2D eigenvalue weighted by molar-refractivity contribution is 0.338. The van der Waals surface area contributed by atoms with Crippen molar-refractivity contribution in [3.05, 3.63) is 35.6 Å². The molecule has 0 saturated carbocycles. The predicted molar refractivity (Wildman–Crippen MR) is 90.8 cm³/mol. The van der Waals surface area contributed by atoms with Crippen LogP contribution >= 0.6 is 0 Å². The first kappa shape index (κ1) is 21.4. The van der Waals surface area contributed by atoms with Crippen molar-refractivity contribution in [1.82, 2.24) is 0 Å². The molecular formula is C19H35F. The van der Waals surface area contributed by atoms with Gasteiger partial charge in [-0.2, -0.15) is 0 Å². The Kier molecular flexibility index (Phi) is 10.7. The molecule has 0 bridgehead atoms. The minimum Gasteiger partial charge on any atom is -0.207 e. The van der Waals surface area contributed by atoms with E-state index in [4.69, 9.17) is 0 Å². The molecule has 0 unspecified atom stereocenters. The summed E-state index contributed by atoms with van der Waals surface area (Å²) in [5.41, 5.74) is 1.87. The average molecular weight is 282 g/mol. The van der Waals surface area contributed by atoms with E-state index in [1.165, 1.54) is 30.5 Å². The van der Waals surface area contributed by atoms with E-state index in [-0.39, 0.29) is 11.2 Å². The van der Waals surface area contributed by atoms with Crippen molar-refractivity contribution >= 4 is 0 Å². The summed E-state index contributed by atoms with van der Waals surface area (Å²) in [6.07, 6.45) is 2.59. The van der Waals surface area contributed by atoms with Gasteiger partial charge in [0.25, 0.3) is 0 Å². The Bertz CT molecular complexity index is 322. The third-order valence-corrected chi connectivity index (χ3v) is 3.62. The lowest BCUT2D eigenvalue weighted by atomic mass is 9.87. The second kappa shape index (κ2) is 9.96. The van der Waals surface area contributed by atoms with Crippen molar-refractivity contribution in [2.75, 3.05) is 0 Å². The number of rotatable bonds is 2. The summed E-state index contributed by atoms with van der Waals surface area (Å²) in [6, 6.07) is 6.66. The Hall–Kier alpha value is -0.850. The monoisotopic (exact) mass is 282 g/mol. The van der Waals surface area contributed by atoms with Crippen LogP contribution < -0.4 is 0 Å². The molecule has 0 nitrogen and oxygen atoms in total. The molecule has 0 spiro atoms. The Morgan fingerprint density at radius 1 is 0.800 bits per heavy atom. The van der Waals surface area contributed by atoms with Crippen LogP contribution in [0.5, 0.6) is 0 Å². The first-order valence-electron chi connectivity index (χ1n) is 7.88. The van der Waals surface area contributed by atoms with E-state index < -0.39 is 0 Å². The third-order valence-electron chi connectivity index (χ3n) is 3.62. The van der Waals surface area contributed by atoms with Gasteiger partial charge in [0, 0.05) is 0 Å². The van der Waals surface area contributed by atoms with Crippen LogP contribution in [0.3, 0.4) is 0 Å². The molecule has 0 heterocycles. The molecule has 1 rings (SSSR count). The molecule has 0 amide bonds. The molecule has 1 aromatic rings. The first-order chi connectivity index (χ1) is 9.12. The molecule has 0 fully saturated rings. The SMILES string of the molecule is CC.CC(C)(C)c1ccc(F)cc1.CCC(C)(C)CC. The zero-order valence-corrected chi connectivity index (χ0v) is 15.1. The van der Waals surface area contributed by atoms with Crippen LogP contribution in [-0.2, 0) is 5.41 Å². The van der Waals surface area contributed by atoms with E-state index in [0.29, 0.717) is 5.41 Å². The number of halogens is 1. The lowest BCUT2D eigenvalue weighted by Gasteiger charge is -2.18. The Balaban J connectivity index is 0. The molecule has 1 aromatic carbocycles. The molecule has 0 atom stereocenters. The van der Waals surface area contributed by atoms with E-state index in [9.17, 15) is 4.39 Å². The van der Waals surface area contributed by atoms with Crippen LogP contribution in [0.2, 0.25) is 0 Å². The summed E-state index contributed by atoms with van der Waals surface area (Å²) in [5.74, 6) is -0.169. The van der Waals surface area contributed by atoms with Crippen molar-refractivity contribution < 1.29 is 4.39 Å². The van der Waals surface area contributed by atoms with Crippen LogP contribution in [0.15, 0.2) is 24.3 Å². The number of hydrogen-bond acceptors (Lipinski definition) is 0. The van der Waals surface area contributed by atoms with Crippen molar-refractivity contribution in [2.45, 2.75) is 80.6 Å². The third kappa shape index (κ3) is 10.00. The van der Waals surface area contributed by atoms with Gasteiger partial charge in [-0.05, 0) is 28.5 Å². The average Bonchev–Trinajstić information content (AvgIpc) is 2.41. The van der Waals surface area contributed by atoms with Crippen molar-refractivity contribution in [3.63, 3.8) is 0 Å². The van der Waals surface area contributed by atoms with Gasteiger partial charge >= 0.3 is 0 Å². The second-order valence-corrected chi connectivity index (χ2v) is 6.63. The van der Waals surface area contributed by atoms with Gasteiger partial charge in [0.1, 0.15) is 5.82 Å². The van der Waals surface area contributed by atoms with Gasteiger partial charge in [-0.25, -0.2) is 4.39 Å². The molecule has 0 radical (unpaired) electrons. The van der Waals surface area contributed by atoms with Crippen LogP contribution in [0.4, 0.5) is 4.39 Å². The fourth-order valence-corrected chi connectivity index (χ4v) is 1.20. The Morgan fingerprint density at radius 3 is 1.35 bits per heavy atom. The number of hydrogen-bond donors (Lipinski definition) is 0. The van der Waals surface area contributed by atoms with Gasteiger partial charge in [0.2, 0.25) is 0 Å². The summed E-state index contributed by atoms with van der Waals surface area (Å²) in [7, 11) is 0. The maximum Gasteiger partial charge on any atom is 0.123 e. The molecule has 0 aliphatic carbocycles. The van der Waals surface area contributed by atoms with E-state index >= 15 is 0 Å². The minimum atomic E-state index is -0.169. The molecule has 0 aromatic heterocycles. The molecule has 1 heteroatoms. The van der Waals surface area contributed by atoms with Gasteiger partial charge in [-0.15, -0.1) is 0 Å². The van der Waals surface area contributed by atoms with Gasteiger partial charge in [-0.1, -0.05) is 87.3 Å². The van der Waals surface area contributed by atoms with E-state index in [1.807, 2.05) is 26.0 Å². The highest BCUT2D eigenvalue weighted by molar-refractivity contribution is 5.22. The van der Waals surface area contributed by atoms with Crippen LogP contribution in [-0.4, -0.2) is 0 Å². The van der Waals surface area contributed by atoms with E-state index in [1.54, 1.807) is 0 Å². The van der Waals surface area contributed by atoms with E-state index in [2.05, 4.69) is 48.5 Å². The standard InChI is InChI=1S/C10H13F.C7H16.C2H6/c1-10(2,3)8-4-6-9(11)7-5-8;1-5-7(3,4)6-2;1-2/h4-7H,1-3H3;5-6H2,1-4H3;1-2H3. The number of benzene rings is 1. The predicted octanol–water partition coefficient (Wildman–Crippen LogP) is 6.98. The second-order valence-electron chi connectivity index (χ2n) is 6.63. The first-order valence-corrected chi connectivity index (χ1v) is 7.88. The zero-order valence-electron chi connectivity index (χ0n) is 15.1. The van der Waals surface area contributed by atoms with E-state index in [0.717, 1.165) is 0 Å². The summed E-state index contributed by atoms with van der Waals surface area (Å²) in [5, 5.41) is 0. The zero-order chi connectivity index (χ0) is 16.4. The molecule has 0 aliphatic rings. The molecule has 0 aliphatic heterocycles. The summed E-state index contributed by atoms with van der Waals surface area (Å²) < 4.78 is 12.5. The summed E-state index contributed by atoms with van der Waals surface area (Å²) >= 11 is 0. The molecule has 20 heavy (non-hydrogen) atoms. The van der Waals surface area contributed by atoms with Crippen molar-refractivity contribution in [1.29, 1.82) is 0 Å².